The van der Waals surface area contributed by atoms with Crippen molar-refractivity contribution in [3.8, 4) is 10.8 Å². The summed E-state index contributed by atoms with van der Waals surface area (Å²) >= 11 is 1.65. The van der Waals surface area contributed by atoms with E-state index in [2.05, 4.69) is 41.1 Å². The van der Waals surface area contributed by atoms with E-state index in [1.807, 2.05) is 17.5 Å². The lowest BCUT2D eigenvalue weighted by atomic mass is 10.0. The first-order valence-corrected chi connectivity index (χ1v) is 8.01. The quantitative estimate of drug-likeness (QED) is 0.711. The SMILES string of the molecule is CC1CN(Cc2coc(-c3cccs3)n2)c2ccccc21. The summed E-state index contributed by atoms with van der Waals surface area (Å²) in [5.74, 6) is 1.30. The van der Waals surface area contributed by atoms with Crippen molar-refractivity contribution in [1.82, 2.24) is 4.98 Å². The van der Waals surface area contributed by atoms with E-state index in [0.29, 0.717) is 5.92 Å². The highest BCUT2D eigenvalue weighted by Gasteiger charge is 2.25. The van der Waals surface area contributed by atoms with Crippen molar-refractivity contribution in [3.05, 3.63) is 59.3 Å². The fraction of sp³-hybridized carbons (Fsp3) is 0.235. The molecule has 1 atom stereocenters. The number of aromatic nitrogens is 1. The van der Waals surface area contributed by atoms with Crippen LogP contribution in [0.4, 0.5) is 5.69 Å². The molecule has 1 unspecified atom stereocenters. The minimum absolute atomic E-state index is 0.574. The Morgan fingerprint density at radius 2 is 2.19 bits per heavy atom. The van der Waals surface area contributed by atoms with E-state index >= 15 is 0 Å². The highest BCUT2D eigenvalue weighted by molar-refractivity contribution is 7.13. The molecule has 4 rings (SSSR count). The molecule has 3 aromatic rings. The van der Waals surface area contributed by atoms with Crippen LogP contribution in [-0.4, -0.2) is 11.5 Å². The predicted octanol–water partition coefficient (Wildman–Crippen LogP) is 4.53. The molecule has 3 nitrogen and oxygen atoms in total. The van der Waals surface area contributed by atoms with Crippen LogP contribution in [0, 0.1) is 0 Å². The molecule has 0 saturated carbocycles. The zero-order valence-electron chi connectivity index (χ0n) is 11.8. The maximum atomic E-state index is 5.61. The molecule has 1 aliphatic rings. The van der Waals surface area contributed by atoms with Gasteiger partial charge in [0.2, 0.25) is 5.89 Å². The second kappa shape index (κ2) is 5.04. The molecule has 0 spiro atoms. The van der Waals surface area contributed by atoms with Gasteiger partial charge in [0.05, 0.1) is 17.1 Å². The molecule has 0 amide bonds. The molecule has 4 heteroatoms. The lowest BCUT2D eigenvalue weighted by molar-refractivity contribution is 0.573. The van der Waals surface area contributed by atoms with Crippen molar-refractivity contribution < 1.29 is 4.42 Å². The van der Waals surface area contributed by atoms with Gasteiger partial charge in [0.25, 0.3) is 0 Å². The Bertz CT molecular complexity index is 748. The van der Waals surface area contributed by atoms with E-state index in [-0.39, 0.29) is 0 Å². The molecule has 2 aromatic heterocycles. The van der Waals surface area contributed by atoms with Crippen molar-refractivity contribution >= 4 is 17.0 Å². The smallest absolute Gasteiger partial charge is 0.236 e. The van der Waals surface area contributed by atoms with Crippen LogP contribution in [0.5, 0.6) is 0 Å². The lowest BCUT2D eigenvalue weighted by Crippen LogP contribution is -2.20. The van der Waals surface area contributed by atoms with Gasteiger partial charge in [-0.15, -0.1) is 11.3 Å². The lowest BCUT2D eigenvalue weighted by Gasteiger charge is -2.17. The molecule has 1 aromatic carbocycles. The van der Waals surface area contributed by atoms with Gasteiger partial charge < -0.3 is 9.32 Å². The maximum Gasteiger partial charge on any atom is 0.236 e. The molecule has 0 saturated heterocycles. The van der Waals surface area contributed by atoms with Crippen molar-refractivity contribution in [3.63, 3.8) is 0 Å². The van der Waals surface area contributed by atoms with Crippen molar-refractivity contribution in [2.24, 2.45) is 0 Å². The Labute approximate surface area is 127 Å². The highest BCUT2D eigenvalue weighted by Crippen LogP contribution is 2.36. The van der Waals surface area contributed by atoms with E-state index in [9.17, 15) is 0 Å². The summed E-state index contributed by atoms with van der Waals surface area (Å²) in [6.45, 7) is 4.12. The number of rotatable bonds is 3. The number of hydrogen-bond acceptors (Lipinski definition) is 4. The number of anilines is 1. The van der Waals surface area contributed by atoms with Crippen LogP contribution < -0.4 is 4.90 Å². The average Bonchev–Trinajstić information content (AvgIpc) is 3.21. The molecule has 1 aliphatic heterocycles. The molecule has 3 heterocycles. The van der Waals surface area contributed by atoms with Gasteiger partial charge in [-0.1, -0.05) is 31.2 Å². The first kappa shape index (κ1) is 12.7. The van der Waals surface area contributed by atoms with Crippen LogP contribution in [0.1, 0.15) is 24.1 Å². The summed E-state index contributed by atoms with van der Waals surface area (Å²) in [4.78, 5) is 8.08. The largest absolute Gasteiger partial charge is 0.443 e. The first-order chi connectivity index (χ1) is 10.3. The van der Waals surface area contributed by atoms with Crippen LogP contribution in [0.25, 0.3) is 10.8 Å². The second-order valence-electron chi connectivity index (χ2n) is 5.46. The van der Waals surface area contributed by atoms with Crippen LogP contribution in [0.2, 0.25) is 0 Å². The van der Waals surface area contributed by atoms with Crippen LogP contribution >= 0.6 is 11.3 Å². The number of thiophene rings is 1. The number of para-hydroxylation sites is 1. The van der Waals surface area contributed by atoms with Gasteiger partial charge in [-0.25, -0.2) is 4.98 Å². The van der Waals surface area contributed by atoms with Crippen molar-refractivity contribution in [2.45, 2.75) is 19.4 Å². The molecule has 0 N–H and O–H groups in total. The Morgan fingerprint density at radius 3 is 3.05 bits per heavy atom. The summed E-state index contributed by atoms with van der Waals surface area (Å²) in [5.41, 5.74) is 3.74. The number of nitrogens with zero attached hydrogens (tertiary/aromatic N) is 2. The van der Waals surface area contributed by atoms with E-state index in [1.165, 1.54) is 11.3 Å². The number of benzene rings is 1. The third-order valence-electron chi connectivity index (χ3n) is 3.94. The summed E-state index contributed by atoms with van der Waals surface area (Å²) in [5, 5.41) is 2.04. The summed E-state index contributed by atoms with van der Waals surface area (Å²) in [7, 11) is 0. The van der Waals surface area contributed by atoms with E-state index in [1.54, 1.807) is 17.6 Å². The molecule has 21 heavy (non-hydrogen) atoms. The Kier molecular flexibility index (Phi) is 3.04. The molecular weight excluding hydrogens is 280 g/mol. The van der Waals surface area contributed by atoms with Crippen molar-refractivity contribution in [2.75, 3.05) is 11.4 Å². The van der Waals surface area contributed by atoms with E-state index in [0.717, 1.165) is 29.6 Å². The van der Waals surface area contributed by atoms with Gasteiger partial charge in [-0.3, -0.25) is 0 Å². The van der Waals surface area contributed by atoms with Gasteiger partial charge in [-0.2, -0.15) is 0 Å². The van der Waals surface area contributed by atoms with Gasteiger partial charge in [0.15, 0.2) is 0 Å². The zero-order chi connectivity index (χ0) is 14.2. The number of fused-ring (bicyclic) bond motifs is 1. The zero-order valence-corrected chi connectivity index (χ0v) is 12.6. The third kappa shape index (κ3) is 2.25. The Balaban J connectivity index is 1.58. The van der Waals surface area contributed by atoms with Crippen LogP contribution in [0.3, 0.4) is 0 Å². The van der Waals surface area contributed by atoms with E-state index in [4.69, 9.17) is 4.42 Å². The van der Waals surface area contributed by atoms with Gasteiger partial charge in [0, 0.05) is 18.2 Å². The average molecular weight is 296 g/mol. The monoisotopic (exact) mass is 296 g/mol. The summed E-state index contributed by atoms with van der Waals surface area (Å²) < 4.78 is 5.61. The Morgan fingerprint density at radius 1 is 1.29 bits per heavy atom. The second-order valence-corrected chi connectivity index (χ2v) is 6.41. The maximum absolute atomic E-state index is 5.61. The Hall–Kier alpha value is -2.07. The van der Waals surface area contributed by atoms with Crippen LogP contribution in [0.15, 0.2) is 52.5 Å². The van der Waals surface area contributed by atoms with Crippen molar-refractivity contribution in [1.29, 1.82) is 0 Å². The predicted molar refractivity (Wildman–Crippen MR) is 85.7 cm³/mol. The fourth-order valence-corrected chi connectivity index (χ4v) is 3.61. The minimum Gasteiger partial charge on any atom is -0.443 e. The summed E-state index contributed by atoms with van der Waals surface area (Å²) in [6.07, 6.45) is 1.78. The standard InChI is InChI=1S/C17H16N2OS/c1-12-9-19(15-6-3-2-5-14(12)15)10-13-11-20-17(18-13)16-7-4-8-21-16/h2-8,11-12H,9-10H2,1H3. The van der Waals surface area contributed by atoms with E-state index < -0.39 is 0 Å². The fourth-order valence-electron chi connectivity index (χ4n) is 2.96. The highest BCUT2D eigenvalue weighted by atomic mass is 32.1. The molecule has 106 valence electrons. The number of oxazole rings is 1. The molecule has 0 fully saturated rings. The van der Waals surface area contributed by atoms with Gasteiger partial charge in [-0.05, 0) is 23.1 Å². The molecule has 0 aliphatic carbocycles. The topological polar surface area (TPSA) is 29.3 Å². The number of hydrogen-bond donors (Lipinski definition) is 0. The third-order valence-corrected chi connectivity index (χ3v) is 4.80. The van der Waals surface area contributed by atoms with Gasteiger partial charge >= 0.3 is 0 Å². The molecular formula is C17H16N2OS. The van der Waals surface area contributed by atoms with Gasteiger partial charge in [0.1, 0.15) is 6.26 Å². The summed E-state index contributed by atoms with van der Waals surface area (Å²) in [6, 6.07) is 12.7. The molecule has 0 radical (unpaired) electrons. The normalized spacial score (nSPS) is 17.2. The first-order valence-electron chi connectivity index (χ1n) is 7.13. The molecule has 0 bridgehead atoms. The minimum atomic E-state index is 0.574. The van der Waals surface area contributed by atoms with Crippen LogP contribution in [-0.2, 0) is 6.54 Å².